The third-order valence-electron chi connectivity index (χ3n) is 2.68. The summed E-state index contributed by atoms with van der Waals surface area (Å²) < 4.78 is 20.5. The number of hydrogen-bond donors (Lipinski definition) is 1. The molecule has 2 rings (SSSR count). The zero-order valence-electron chi connectivity index (χ0n) is 11.2. The van der Waals surface area contributed by atoms with Crippen LogP contribution in [0.3, 0.4) is 0 Å². The van der Waals surface area contributed by atoms with Crippen molar-refractivity contribution in [3.8, 4) is 11.4 Å². The zero-order valence-corrected chi connectivity index (χ0v) is 12.0. The molecule has 1 aromatic carbocycles. The number of nitrogens with zero attached hydrogens (tertiary/aromatic N) is 3. The topological polar surface area (TPSA) is 109 Å². The minimum absolute atomic E-state index is 0.0561. The molecule has 8 nitrogen and oxygen atoms in total. The highest BCUT2D eigenvalue weighted by Gasteiger charge is 2.15. The maximum Gasteiger partial charge on any atom is 0.352 e. The van der Waals surface area contributed by atoms with Crippen molar-refractivity contribution in [3.05, 3.63) is 50.0 Å². The third kappa shape index (κ3) is 2.98. The lowest BCUT2D eigenvalue weighted by Gasteiger charge is -2.11. The van der Waals surface area contributed by atoms with Crippen LogP contribution in [-0.4, -0.2) is 26.9 Å². The molecule has 0 aliphatic heterocycles. The van der Waals surface area contributed by atoms with Crippen LogP contribution < -0.4 is 21.7 Å². The van der Waals surface area contributed by atoms with Crippen LogP contribution in [0.1, 0.15) is 0 Å². The van der Waals surface area contributed by atoms with Gasteiger partial charge in [-0.25, -0.2) is 9.18 Å². The molecular weight excluding hydrogens is 319 g/mol. The van der Waals surface area contributed by atoms with E-state index >= 15 is 0 Å². The van der Waals surface area contributed by atoms with Crippen molar-refractivity contribution in [3.63, 3.8) is 0 Å². The van der Waals surface area contributed by atoms with Crippen LogP contribution >= 0.6 is 11.6 Å². The Labute approximate surface area is 127 Å². The summed E-state index contributed by atoms with van der Waals surface area (Å²) in [5.74, 6) is -1.66. The molecule has 1 heterocycles. The number of hydrogen-bond acceptors (Lipinski definition) is 5. The van der Waals surface area contributed by atoms with Gasteiger partial charge in [0.15, 0.2) is 12.4 Å². The fourth-order valence-electron chi connectivity index (χ4n) is 1.58. The summed E-state index contributed by atoms with van der Waals surface area (Å²) in [6.45, 7) is -0.472. The molecule has 0 aliphatic rings. The summed E-state index contributed by atoms with van der Waals surface area (Å²) in [4.78, 5) is 34.0. The summed E-state index contributed by atoms with van der Waals surface area (Å²) >= 11 is 5.79. The van der Waals surface area contributed by atoms with Crippen molar-refractivity contribution in [1.29, 1.82) is 0 Å². The summed E-state index contributed by atoms with van der Waals surface area (Å²) in [6, 6.07) is 1.98. The molecule has 0 spiro atoms. The van der Waals surface area contributed by atoms with Gasteiger partial charge in [0.1, 0.15) is 17.6 Å². The number of carbonyl (C=O) groups excluding carboxylic acids is 1. The van der Waals surface area contributed by atoms with Gasteiger partial charge in [-0.3, -0.25) is 14.2 Å². The molecule has 10 heteroatoms. The number of aromatic nitrogens is 3. The Morgan fingerprint density at radius 3 is 2.77 bits per heavy atom. The van der Waals surface area contributed by atoms with Crippen LogP contribution in [0.2, 0.25) is 5.02 Å². The van der Waals surface area contributed by atoms with Crippen molar-refractivity contribution in [2.24, 2.45) is 12.8 Å². The molecule has 2 aromatic rings. The summed E-state index contributed by atoms with van der Waals surface area (Å²) in [5.41, 5.74) is 3.17. The third-order valence-corrected chi connectivity index (χ3v) is 2.98. The Kier molecular flexibility index (Phi) is 4.27. The summed E-state index contributed by atoms with van der Waals surface area (Å²) in [5, 5.41) is 3.47. The van der Waals surface area contributed by atoms with E-state index in [1.165, 1.54) is 7.05 Å². The lowest BCUT2D eigenvalue weighted by Crippen LogP contribution is -2.38. The normalized spacial score (nSPS) is 10.5. The molecule has 0 unspecified atom stereocenters. The predicted octanol–water partition coefficient (Wildman–Crippen LogP) is -0.412. The van der Waals surface area contributed by atoms with E-state index < -0.39 is 29.6 Å². The number of rotatable bonds is 4. The Morgan fingerprint density at radius 1 is 1.45 bits per heavy atom. The Hall–Kier alpha value is -2.68. The number of benzene rings is 1. The average Bonchev–Trinajstić information content (AvgIpc) is 2.45. The first kappa shape index (κ1) is 15.7. The SMILES string of the molecule is Cn1c(=O)cnn(-c2cc(OCC(N)=O)c(Cl)cc2F)c1=O. The molecule has 0 atom stereocenters. The fraction of sp³-hybridized carbons (Fsp3) is 0.167. The molecular formula is C12H10ClFN4O4. The first-order chi connectivity index (χ1) is 10.3. The van der Waals surface area contributed by atoms with E-state index in [1.54, 1.807) is 0 Å². The second kappa shape index (κ2) is 5.98. The number of primary amides is 1. The van der Waals surface area contributed by atoms with Crippen molar-refractivity contribution in [2.45, 2.75) is 0 Å². The first-order valence-corrected chi connectivity index (χ1v) is 6.25. The maximum absolute atomic E-state index is 14.0. The Bertz CT molecular complexity index is 861. The van der Waals surface area contributed by atoms with Crippen molar-refractivity contribution < 1.29 is 13.9 Å². The van der Waals surface area contributed by atoms with Gasteiger partial charge in [-0.2, -0.15) is 9.78 Å². The van der Waals surface area contributed by atoms with Gasteiger partial charge in [-0.15, -0.1) is 0 Å². The van der Waals surface area contributed by atoms with Gasteiger partial charge in [0.25, 0.3) is 11.5 Å². The molecule has 0 saturated heterocycles. The van der Waals surface area contributed by atoms with Gasteiger partial charge in [-0.05, 0) is 6.07 Å². The average molecular weight is 329 g/mol. The van der Waals surface area contributed by atoms with Crippen molar-refractivity contribution >= 4 is 17.5 Å². The minimum atomic E-state index is -0.857. The lowest BCUT2D eigenvalue weighted by molar-refractivity contribution is -0.119. The maximum atomic E-state index is 14.0. The highest BCUT2D eigenvalue weighted by molar-refractivity contribution is 6.32. The van der Waals surface area contributed by atoms with Crippen LogP contribution in [-0.2, 0) is 11.8 Å². The molecule has 1 amide bonds. The highest BCUT2D eigenvalue weighted by Crippen LogP contribution is 2.28. The van der Waals surface area contributed by atoms with Crippen molar-refractivity contribution in [1.82, 2.24) is 14.3 Å². The highest BCUT2D eigenvalue weighted by atomic mass is 35.5. The Morgan fingerprint density at radius 2 is 2.14 bits per heavy atom. The van der Waals surface area contributed by atoms with E-state index in [1.807, 2.05) is 0 Å². The van der Waals surface area contributed by atoms with E-state index in [9.17, 15) is 18.8 Å². The lowest BCUT2D eigenvalue weighted by atomic mass is 10.3. The van der Waals surface area contributed by atoms with Crippen LogP contribution in [0.25, 0.3) is 5.69 Å². The number of amides is 1. The van der Waals surface area contributed by atoms with Gasteiger partial charge >= 0.3 is 5.69 Å². The van der Waals surface area contributed by atoms with Gasteiger partial charge < -0.3 is 10.5 Å². The van der Waals surface area contributed by atoms with Crippen LogP contribution in [0, 0.1) is 5.82 Å². The Balaban J connectivity index is 2.58. The molecule has 0 radical (unpaired) electrons. The second-order valence-corrected chi connectivity index (χ2v) is 4.63. The molecule has 0 saturated carbocycles. The van der Waals surface area contributed by atoms with Gasteiger partial charge in [0.05, 0.1) is 5.02 Å². The molecule has 116 valence electrons. The number of ether oxygens (including phenoxy) is 1. The number of carbonyl (C=O) groups is 1. The molecule has 1 aromatic heterocycles. The van der Waals surface area contributed by atoms with E-state index in [2.05, 4.69) is 5.10 Å². The van der Waals surface area contributed by atoms with E-state index in [0.29, 0.717) is 4.68 Å². The zero-order chi connectivity index (χ0) is 16.4. The summed E-state index contributed by atoms with van der Waals surface area (Å²) in [7, 11) is 1.22. The number of halogens is 2. The van der Waals surface area contributed by atoms with Crippen LogP contribution in [0.4, 0.5) is 4.39 Å². The standard InChI is InChI=1S/C12H10ClFN4O4/c1-17-11(20)4-16-18(12(17)21)8-3-9(22-5-10(15)19)6(13)2-7(8)14/h2-4H,5H2,1H3,(H2,15,19). The van der Waals surface area contributed by atoms with Crippen LogP contribution in [0.5, 0.6) is 5.75 Å². The van der Waals surface area contributed by atoms with Gasteiger partial charge in [0.2, 0.25) is 0 Å². The van der Waals surface area contributed by atoms with Gasteiger partial charge in [0, 0.05) is 13.1 Å². The summed E-state index contributed by atoms with van der Waals surface area (Å²) in [6.07, 6.45) is 0.861. The molecule has 22 heavy (non-hydrogen) atoms. The van der Waals surface area contributed by atoms with Crippen LogP contribution in [0.15, 0.2) is 27.9 Å². The minimum Gasteiger partial charge on any atom is -0.482 e. The second-order valence-electron chi connectivity index (χ2n) is 4.23. The quantitative estimate of drug-likeness (QED) is 0.820. The fourth-order valence-corrected chi connectivity index (χ4v) is 1.79. The smallest absolute Gasteiger partial charge is 0.352 e. The van der Waals surface area contributed by atoms with E-state index in [4.69, 9.17) is 22.1 Å². The molecule has 0 fully saturated rings. The first-order valence-electron chi connectivity index (χ1n) is 5.87. The number of nitrogens with two attached hydrogens (primary N) is 1. The molecule has 0 aliphatic carbocycles. The van der Waals surface area contributed by atoms with Crippen molar-refractivity contribution in [2.75, 3.05) is 6.61 Å². The molecule has 2 N–H and O–H groups in total. The van der Waals surface area contributed by atoms with Gasteiger partial charge in [-0.1, -0.05) is 11.6 Å². The van der Waals surface area contributed by atoms with E-state index in [0.717, 1.165) is 22.9 Å². The predicted molar refractivity (Wildman–Crippen MR) is 74.7 cm³/mol. The largest absolute Gasteiger partial charge is 0.482 e. The molecule has 0 bridgehead atoms. The van der Waals surface area contributed by atoms with E-state index in [-0.39, 0.29) is 16.5 Å². The monoisotopic (exact) mass is 328 g/mol.